The highest BCUT2D eigenvalue weighted by Crippen LogP contribution is 2.28. The lowest BCUT2D eigenvalue weighted by atomic mass is 9.72. The largest absolute Gasteiger partial charge is 0.483 e. The van der Waals surface area contributed by atoms with Crippen LogP contribution in [0.3, 0.4) is 0 Å². The highest BCUT2D eigenvalue weighted by Gasteiger charge is 2.42. The van der Waals surface area contributed by atoms with E-state index in [1.165, 1.54) is 6.92 Å². The Morgan fingerprint density at radius 1 is 1.24 bits per heavy atom. The van der Waals surface area contributed by atoms with Crippen molar-refractivity contribution in [3.8, 4) is 0 Å². The minimum absolute atomic E-state index is 0.271. The van der Waals surface area contributed by atoms with E-state index in [0.717, 1.165) is 5.56 Å². The highest BCUT2D eigenvalue weighted by molar-refractivity contribution is 6.45. The lowest BCUT2D eigenvalue weighted by Gasteiger charge is -2.39. The van der Waals surface area contributed by atoms with Crippen molar-refractivity contribution in [3.05, 3.63) is 35.9 Å². The maximum atomic E-state index is 11.4. The third-order valence-corrected chi connectivity index (χ3v) is 3.69. The molecule has 116 valence electrons. The van der Waals surface area contributed by atoms with E-state index in [1.54, 1.807) is 39.8 Å². The molecule has 0 heterocycles. The second kappa shape index (κ2) is 6.60. The molecule has 1 atom stereocenters. The van der Waals surface area contributed by atoms with Gasteiger partial charge < -0.3 is 20.1 Å². The number of hydrogen-bond donors (Lipinski definition) is 3. The summed E-state index contributed by atoms with van der Waals surface area (Å²) in [5, 5.41) is 23.1. The molecule has 0 aliphatic carbocycles. The molecular weight excluding hydrogens is 269 g/mol. The average Bonchev–Trinajstić information content (AvgIpc) is 2.34. The van der Waals surface area contributed by atoms with E-state index in [1.807, 2.05) is 18.2 Å². The zero-order valence-electron chi connectivity index (χ0n) is 13.3. The summed E-state index contributed by atoms with van der Waals surface area (Å²) in [5.41, 5.74) is -1.41. The number of amides is 1. The van der Waals surface area contributed by atoms with Crippen LogP contribution < -0.4 is 5.32 Å². The van der Waals surface area contributed by atoms with Crippen molar-refractivity contribution in [1.82, 2.24) is 5.32 Å². The first-order valence-electron chi connectivity index (χ1n) is 6.95. The Bertz CT molecular complexity index is 470. The normalized spacial score (nSPS) is 13.7. The lowest BCUT2D eigenvalue weighted by Crippen LogP contribution is -2.53. The molecule has 1 aromatic carbocycles. The van der Waals surface area contributed by atoms with Crippen molar-refractivity contribution in [1.29, 1.82) is 0 Å². The van der Waals surface area contributed by atoms with Crippen LogP contribution in [0.4, 0.5) is 0 Å². The number of benzene rings is 1. The molecule has 1 aromatic rings. The number of hydrogen-bond acceptors (Lipinski definition) is 4. The van der Waals surface area contributed by atoms with E-state index in [2.05, 4.69) is 5.32 Å². The summed E-state index contributed by atoms with van der Waals surface area (Å²) in [6.07, 6.45) is 0. The van der Waals surface area contributed by atoms with Crippen LogP contribution in [0.1, 0.15) is 46.1 Å². The number of carbonyl (C=O) groups excluding carboxylic acids is 1. The van der Waals surface area contributed by atoms with Crippen LogP contribution in [0.2, 0.25) is 0 Å². The molecule has 1 amide bonds. The van der Waals surface area contributed by atoms with Gasteiger partial charge in [0.2, 0.25) is 5.91 Å². The smallest absolute Gasteiger partial charge is 0.425 e. The number of nitrogens with one attached hydrogen (secondary N) is 1. The number of rotatable bonds is 6. The number of aliphatic hydroxyl groups is 1. The van der Waals surface area contributed by atoms with Crippen LogP contribution in [0.15, 0.2) is 30.3 Å². The first-order valence-corrected chi connectivity index (χ1v) is 6.95. The second-order valence-corrected chi connectivity index (χ2v) is 6.17. The van der Waals surface area contributed by atoms with Gasteiger partial charge in [-0.1, -0.05) is 30.3 Å². The van der Waals surface area contributed by atoms with E-state index in [9.17, 15) is 14.9 Å². The third kappa shape index (κ3) is 4.84. The second-order valence-electron chi connectivity index (χ2n) is 6.17. The van der Waals surface area contributed by atoms with E-state index < -0.39 is 24.3 Å². The van der Waals surface area contributed by atoms with Crippen molar-refractivity contribution in [3.63, 3.8) is 0 Å². The quantitative estimate of drug-likeness (QED) is 0.694. The molecule has 0 spiro atoms. The first kappa shape index (κ1) is 17.7. The molecule has 1 rings (SSSR count). The van der Waals surface area contributed by atoms with Crippen LogP contribution >= 0.6 is 0 Å². The first-order chi connectivity index (χ1) is 9.54. The predicted octanol–water partition coefficient (Wildman–Crippen LogP) is 1.45. The van der Waals surface area contributed by atoms with Crippen molar-refractivity contribution >= 4 is 13.0 Å². The molecule has 0 saturated carbocycles. The van der Waals surface area contributed by atoms with Gasteiger partial charge in [-0.3, -0.25) is 4.79 Å². The molecular formula is C15H24BNO4. The van der Waals surface area contributed by atoms with Crippen molar-refractivity contribution < 1.29 is 19.6 Å². The Morgan fingerprint density at radius 2 is 1.76 bits per heavy atom. The van der Waals surface area contributed by atoms with Crippen LogP contribution in [0.25, 0.3) is 0 Å². The van der Waals surface area contributed by atoms with Crippen LogP contribution in [0, 0.1) is 0 Å². The van der Waals surface area contributed by atoms with Gasteiger partial charge in [0.1, 0.15) is 0 Å². The van der Waals surface area contributed by atoms with E-state index in [4.69, 9.17) is 4.65 Å². The minimum atomic E-state index is -1.28. The standard InChI is InChI=1S/C15H24BNO4/c1-11(18)17-13(12-9-7-6-8-10-12)16(20)21-15(4,5)14(2,3)19/h6-10,13,19-20H,1-5H3,(H,17,18). The summed E-state index contributed by atoms with van der Waals surface area (Å²) in [6.45, 7) is 7.97. The molecule has 0 bridgehead atoms. The summed E-state index contributed by atoms with van der Waals surface area (Å²) >= 11 is 0. The summed E-state index contributed by atoms with van der Waals surface area (Å²) < 4.78 is 5.61. The van der Waals surface area contributed by atoms with E-state index >= 15 is 0 Å². The van der Waals surface area contributed by atoms with Gasteiger partial charge in [0.05, 0.1) is 17.1 Å². The molecule has 0 radical (unpaired) electrons. The monoisotopic (exact) mass is 293 g/mol. The predicted molar refractivity (Wildman–Crippen MR) is 82.4 cm³/mol. The molecule has 0 aliphatic rings. The Morgan fingerprint density at radius 3 is 2.19 bits per heavy atom. The molecule has 0 aromatic heterocycles. The van der Waals surface area contributed by atoms with Crippen LogP contribution in [-0.4, -0.2) is 34.4 Å². The van der Waals surface area contributed by atoms with Gasteiger partial charge in [-0.05, 0) is 33.3 Å². The summed E-state index contributed by atoms with van der Waals surface area (Å²) in [7, 11) is -1.28. The van der Waals surface area contributed by atoms with Crippen LogP contribution in [-0.2, 0) is 9.45 Å². The molecule has 5 nitrogen and oxygen atoms in total. The van der Waals surface area contributed by atoms with E-state index in [0.29, 0.717) is 0 Å². The topological polar surface area (TPSA) is 78.8 Å². The van der Waals surface area contributed by atoms with Crippen molar-refractivity contribution in [2.45, 2.75) is 51.8 Å². The average molecular weight is 293 g/mol. The highest BCUT2D eigenvalue weighted by atomic mass is 16.5. The zero-order chi connectivity index (χ0) is 16.3. The fourth-order valence-electron chi connectivity index (χ4n) is 1.71. The molecule has 6 heteroatoms. The molecule has 0 fully saturated rings. The van der Waals surface area contributed by atoms with Gasteiger partial charge in [-0.2, -0.15) is 0 Å². The number of carbonyl (C=O) groups is 1. The fraction of sp³-hybridized carbons (Fsp3) is 0.533. The van der Waals surface area contributed by atoms with Gasteiger partial charge in [-0.25, -0.2) is 0 Å². The minimum Gasteiger partial charge on any atom is -0.425 e. The summed E-state index contributed by atoms with van der Waals surface area (Å²) in [4.78, 5) is 11.4. The molecule has 21 heavy (non-hydrogen) atoms. The maximum absolute atomic E-state index is 11.4. The van der Waals surface area contributed by atoms with Gasteiger partial charge in [0.15, 0.2) is 0 Å². The molecule has 1 unspecified atom stereocenters. The SMILES string of the molecule is CC(=O)NC(B(O)OC(C)(C)C(C)(C)O)c1ccccc1. The van der Waals surface area contributed by atoms with Gasteiger partial charge in [-0.15, -0.1) is 0 Å². The maximum Gasteiger partial charge on any atom is 0.483 e. The lowest BCUT2D eigenvalue weighted by molar-refractivity contribution is -0.120. The fourth-order valence-corrected chi connectivity index (χ4v) is 1.71. The van der Waals surface area contributed by atoms with Gasteiger partial charge in [0, 0.05) is 6.92 Å². The molecule has 0 aliphatic heterocycles. The molecule has 3 N–H and O–H groups in total. The van der Waals surface area contributed by atoms with Crippen LogP contribution in [0.5, 0.6) is 0 Å². The van der Waals surface area contributed by atoms with Gasteiger partial charge >= 0.3 is 7.12 Å². The molecule has 0 saturated heterocycles. The van der Waals surface area contributed by atoms with Gasteiger partial charge in [0.25, 0.3) is 0 Å². The summed E-state index contributed by atoms with van der Waals surface area (Å²) in [5.74, 6) is -0.974. The summed E-state index contributed by atoms with van der Waals surface area (Å²) in [6, 6.07) is 9.08. The van der Waals surface area contributed by atoms with E-state index in [-0.39, 0.29) is 5.91 Å². The zero-order valence-corrected chi connectivity index (χ0v) is 13.3. The Kier molecular flexibility index (Phi) is 5.56. The Labute approximate surface area is 126 Å². The Balaban J connectivity index is 2.97. The van der Waals surface area contributed by atoms with Crippen molar-refractivity contribution in [2.75, 3.05) is 0 Å². The third-order valence-electron chi connectivity index (χ3n) is 3.69. The van der Waals surface area contributed by atoms with Crippen molar-refractivity contribution in [2.24, 2.45) is 0 Å². The Hall–Kier alpha value is -1.37.